The van der Waals surface area contributed by atoms with Gasteiger partial charge < -0.3 is 10.6 Å². The molecule has 2 N–H and O–H groups in total. The van der Waals surface area contributed by atoms with Gasteiger partial charge in [-0.2, -0.15) is 0 Å². The predicted octanol–water partition coefficient (Wildman–Crippen LogP) is 4.17. The number of hydrogen-bond acceptors (Lipinski definition) is 2. The third kappa shape index (κ3) is 3.49. The number of benzene rings is 1. The smallest absolute Gasteiger partial charge is 0.171 e. The molecule has 0 aromatic heterocycles. The number of rotatable bonds is 3. The zero-order valence-corrected chi connectivity index (χ0v) is 14.9. The van der Waals surface area contributed by atoms with Gasteiger partial charge in [-0.3, -0.25) is 4.90 Å². The van der Waals surface area contributed by atoms with Crippen LogP contribution in [0.4, 0.5) is 5.69 Å². The number of halogens is 1. The van der Waals surface area contributed by atoms with Crippen molar-refractivity contribution in [3.05, 3.63) is 29.3 Å². The molecule has 23 heavy (non-hydrogen) atoms. The molecule has 0 spiro atoms. The van der Waals surface area contributed by atoms with Gasteiger partial charge >= 0.3 is 0 Å². The van der Waals surface area contributed by atoms with Crippen LogP contribution in [0.25, 0.3) is 0 Å². The zero-order valence-electron chi connectivity index (χ0n) is 13.3. The Bertz CT molecular complexity index is 575. The molecule has 2 saturated heterocycles. The second kappa shape index (κ2) is 6.58. The van der Waals surface area contributed by atoms with E-state index in [0.717, 1.165) is 23.8 Å². The highest BCUT2D eigenvalue weighted by Gasteiger charge is 2.44. The summed E-state index contributed by atoms with van der Waals surface area (Å²) >= 11 is 11.7. The maximum atomic E-state index is 6.19. The predicted molar refractivity (Wildman–Crippen MR) is 100 cm³/mol. The summed E-state index contributed by atoms with van der Waals surface area (Å²) in [5.41, 5.74) is 0.877. The number of piperidine rings is 2. The summed E-state index contributed by atoms with van der Waals surface area (Å²) in [4.78, 5) is 2.84. The summed E-state index contributed by atoms with van der Waals surface area (Å²) in [6, 6.07) is 10.6. The van der Waals surface area contributed by atoms with Crippen molar-refractivity contribution in [3.63, 3.8) is 0 Å². The van der Waals surface area contributed by atoms with Crippen molar-refractivity contribution >= 4 is 34.6 Å². The zero-order chi connectivity index (χ0) is 15.8. The summed E-state index contributed by atoms with van der Waals surface area (Å²) < 4.78 is 0. The van der Waals surface area contributed by atoms with Crippen LogP contribution in [0.1, 0.15) is 44.9 Å². The lowest BCUT2D eigenvalue weighted by molar-refractivity contribution is 0.0209. The van der Waals surface area contributed by atoms with E-state index in [2.05, 4.69) is 15.5 Å². The first-order valence-corrected chi connectivity index (χ1v) is 9.59. The van der Waals surface area contributed by atoms with Crippen LogP contribution < -0.4 is 10.6 Å². The average Bonchev–Trinajstić information content (AvgIpc) is 3.33. The van der Waals surface area contributed by atoms with Crippen molar-refractivity contribution in [2.45, 2.75) is 69.1 Å². The van der Waals surface area contributed by atoms with Crippen LogP contribution in [0.2, 0.25) is 5.02 Å². The molecule has 0 radical (unpaired) electrons. The lowest BCUT2D eigenvalue weighted by Gasteiger charge is -2.49. The number of thiocarbonyl (C=S) groups is 1. The lowest BCUT2D eigenvalue weighted by Crippen LogP contribution is -2.57. The molecule has 2 bridgehead atoms. The highest BCUT2D eigenvalue weighted by molar-refractivity contribution is 7.80. The van der Waals surface area contributed by atoms with Crippen LogP contribution in [0.3, 0.4) is 0 Å². The number of para-hydroxylation sites is 1. The number of hydrogen-bond donors (Lipinski definition) is 2. The van der Waals surface area contributed by atoms with E-state index in [4.69, 9.17) is 23.8 Å². The van der Waals surface area contributed by atoms with Gasteiger partial charge in [0.2, 0.25) is 0 Å². The fraction of sp³-hybridized carbons (Fsp3) is 0.611. The molecule has 1 aliphatic carbocycles. The molecule has 1 aromatic rings. The standard InChI is InChI=1S/C18H24ClN3S/c19-16-6-1-2-7-17(16)21-18(23)20-12-10-14-4-3-5-15(11-12)22(14)13-8-9-13/h1-2,6-7,12-15H,3-5,8-11H2,(H2,20,21,23)/t14-,15-/m1/s1. The van der Waals surface area contributed by atoms with Crippen LogP contribution in [0, 0.1) is 0 Å². The maximum absolute atomic E-state index is 6.19. The van der Waals surface area contributed by atoms with Crippen molar-refractivity contribution in [1.29, 1.82) is 0 Å². The molecule has 2 aliphatic heterocycles. The SMILES string of the molecule is S=C(Nc1ccccc1Cl)NC1C[C@H]2CCC[C@H](C1)N2C1CC1. The van der Waals surface area contributed by atoms with Gasteiger partial charge in [-0.1, -0.05) is 30.2 Å². The quantitative estimate of drug-likeness (QED) is 0.801. The number of anilines is 1. The van der Waals surface area contributed by atoms with Crippen LogP contribution in [-0.4, -0.2) is 34.2 Å². The first kappa shape index (κ1) is 15.7. The summed E-state index contributed by atoms with van der Waals surface area (Å²) in [5, 5.41) is 8.18. The lowest BCUT2D eigenvalue weighted by atomic mass is 9.81. The topological polar surface area (TPSA) is 27.3 Å². The van der Waals surface area contributed by atoms with Gasteiger partial charge in [0, 0.05) is 24.2 Å². The number of fused-ring (bicyclic) bond motifs is 2. The molecule has 1 saturated carbocycles. The van der Waals surface area contributed by atoms with Crippen molar-refractivity contribution in [2.24, 2.45) is 0 Å². The summed E-state index contributed by atoms with van der Waals surface area (Å²) in [5.74, 6) is 0. The Morgan fingerprint density at radius 2 is 1.74 bits per heavy atom. The number of nitrogens with one attached hydrogen (secondary N) is 2. The Balaban J connectivity index is 1.36. The van der Waals surface area contributed by atoms with E-state index in [1.165, 1.54) is 44.9 Å². The van der Waals surface area contributed by atoms with Gasteiger partial charge in [-0.15, -0.1) is 0 Å². The number of nitrogens with zero attached hydrogens (tertiary/aromatic N) is 1. The van der Waals surface area contributed by atoms with E-state index in [9.17, 15) is 0 Å². The largest absolute Gasteiger partial charge is 0.360 e. The Kier molecular flexibility index (Phi) is 4.48. The molecule has 4 rings (SSSR count). The minimum atomic E-state index is 0.489. The minimum absolute atomic E-state index is 0.489. The summed E-state index contributed by atoms with van der Waals surface area (Å²) in [6.45, 7) is 0. The molecule has 2 heterocycles. The van der Waals surface area contributed by atoms with Gasteiger partial charge in [0.1, 0.15) is 0 Å². The Labute approximate surface area is 148 Å². The van der Waals surface area contributed by atoms with Gasteiger partial charge in [0.15, 0.2) is 5.11 Å². The van der Waals surface area contributed by atoms with E-state index in [0.29, 0.717) is 16.2 Å². The van der Waals surface area contributed by atoms with Gasteiger partial charge in [0.05, 0.1) is 10.7 Å². The molecule has 3 nitrogen and oxygen atoms in total. The molecule has 124 valence electrons. The molecule has 0 unspecified atom stereocenters. The molecular weight excluding hydrogens is 326 g/mol. The van der Waals surface area contributed by atoms with Crippen LogP contribution in [-0.2, 0) is 0 Å². The second-order valence-corrected chi connectivity index (χ2v) is 7.98. The van der Waals surface area contributed by atoms with Crippen molar-refractivity contribution in [2.75, 3.05) is 5.32 Å². The maximum Gasteiger partial charge on any atom is 0.171 e. The highest BCUT2D eigenvalue weighted by Crippen LogP contribution is 2.41. The van der Waals surface area contributed by atoms with Gasteiger partial charge in [-0.25, -0.2) is 0 Å². The first-order valence-electron chi connectivity index (χ1n) is 8.80. The Morgan fingerprint density at radius 1 is 1.04 bits per heavy atom. The van der Waals surface area contributed by atoms with Crippen LogP contribution in [0.15, 0.2) is 24.3 Å². The molecule has 0 amide bonds. The van der Waals surface area contributed by atoms with Crippen molar-refractivity contribution < 1.29 is 0 Å². The minimum Gasteiger partial charge on any atom is -0.360 e. The summed E-state index contributed by atoms with van der Waals surface area (Å²) in [6.07, 6.45) is 9.38. The third-order valence-electron chi connectivity index (χ3n) is 5.46. The van der Waals surface area contributed by atoms with E-state index in [1.54, 1.807) is 0 Å². The van der Waals surface area contributed by atoms with Crippen molar-refractivity contribution in [1.82, 2.24) is 10.2 Å². The van der Waals surface area contributed by atoms with E-state index in [-0.39, 0.29) is 0 Å². The molecule has 1 aromatic carbocycles. The van der Waals surface area contributed by atoms with Crippen LogP contribution in [0.5, 0.6) is 0 Å². The third-order valence-corrected chi connectivity index (χ3v) is 6.01. The normalized spacial score (nSPS) is 30.7. The van der Waals surface area contributed by atoms with Crippen molar-refractivity contribution in [3.8, 4) is 0 Å². The monoisotopic (exact) mass is 349 g/mol. The Hall–Kier alpha value is -0.840. The fourth-order valence-electron chi connectivity index (χ4n) is 4.41. The van der Waals surface area contributed by atoms with Gasteiger partial charge in [0.25, 0.3) is 0 Å². The molecule has 5 heteroatoms. The van der Waals surface area contributed by atoms with Gasteiger partial charge in [-0.05, 0) is 62.9 Å². The average molecular weight is 350 g/mol. The highest BCUT2D eigenvalue weighted by atomic mass is 35.5. The molecule has 3 aliphatic rings. The molecule has 2 atom stereocenters. The molecular formula is C18H24ClN3S. The molecule has 3 fully saturated rings. The van der Waals surface area contributed by atoms with Crippen LogP contribution >= 0.6 is 23.8 Å². The van der Waals surface area contributed by atoms with E-state index in [1.807, 2.05) is 24.3 Å². The summed E-state index contributed by atoms with van der Waals surface area (Å²) in [7, 11) is 0. The fourth-order valence-corrected chi connectivity index (χ4v) is 4.87. The second-order valence-electron chi connectivity index (χ2n) is 7.16. The first-order chi connectivity index (χ1) is 11.2. The van der Waals surface area contributed by atoms with E-state index >= 15 is 0 Å². The van der Waals surface area contributed by atoms with E-state index < -0.39 is 0 Å². The Morgan fingerprint density at radius 3 is 2.39 bits per heavy atom.